The average molecular weight is 789 g/mol. The number of benzene rings is 7. The van der Waals surface area contributed by atoms with Crippen molar-refractivity contribution < 1.29 is 0 Å². The highest BCUT2D eigenvalue weighted by Gasteiger charge is 2.45. The van der Waals surface area contributed by atoms with Gasteiger partial charge in [0.2, 0.25) is 0 Å². The van der Waals surface area contributed by atoms with Crippen molar-refractivity contribution in [1.82, 2.24) is 15.0 Å². The van der Waals surface area contributed by atoms with E-state index in [-0.39, 0.29) is 5.41 Å². The van der Waals surface area contributed by atoms with E-state index < -0.39 is 0 Å². The summed E-state index contributed by atoms with van der Waals surface area (Å²) >= 11 is 0. The van der Waals surface area contributed by atoms with Crippen LogP contribution in [0.3, 0.4) is 0 Å². The summed E-state index contributed by atoms with van der Waals surface area (Å²) < 4.78 is 0. The van der Waals surface area contributed by atoms with Gasteiger partial charge in [0.05, 0.1) is 11.6 Å². The molecular formula is C57H48N4. The molecule has 0 amide bonds. The van der Waals surface area contributed by atoms with E-state index in [1.165, 1.54) is 37.7 Å². The normalized spacial score (nSPS) is 19.5. The smallest absolute Gasteiger partial charge is 0.164 e. The van der Waals surface area contributed by atoms with Crippen LogP contribution in [0.4, 0.5) is 0 Å². The van der Waals surface area contributed by atoms with Crippen LogP contribution in [-0.2, 0) is 5.41 Å². The monoisotopic (exact) mass is 788 g/mol. The highest BCUT2D eigenvalue weighted by atomic mass is 15.0. The Hall–Kier alpha value is -6.96. The molecule has 0 saturated heterocycles. The van der Waals surface area contributed by atoms with Gasteiger partial charge >= 0.3 is 0 Å². The summed E-state index contributed by atoms with van der Waals surface area (Å²) in [6, 6.07) is 63.9. The highest BCUT2D eigenvalue weighted by molar-refractivity contribution is 5.83. The van der Waals surface area contributed by atoms with Crippen LogP contribution in [0.1, 0.15) is 57.1 Å². The Balaban J connectivity index is 1.13. The first-order valence-electron chi connectivity index (χ1n) is 21.7. The lowest BCUT2D eigenvalue weighted by Crippen LogP contribution is -2.42. The minimum absolute atomic E-state index is 0.255. The van der Waals surface area contributed by atoms with E-state index in [4.69, 9.17) is 15.0 Å². The van der Waals surface area contributed by atoms with E-state index in [9.17, 15) is 5.26 Å². The summed E-state index contributed by atoms with van der Waals surface area (Å²) in [6.45, 7) is 4.91. The molecule has 1 aromatic heterocycles. The fourth-order valence-corrected chi connectivity index (χ4v) is 10.7. The quantitative estimate of drug-likeness (QED) is 0.154. The van der Waals surface area contributed by atoms with Gasteiger partial charge in [0.25, 0.3) is 0 Å². The molecule has 2 aliphatic carbocycles. The third kappa shape index (κ3) is 7.81. The van der Waals surface area contributed by atoms with E-state index in [0.29, 0.717) is 23.0 Å². The maximum Gasteiger partial charge on any atom is 0.164 e. The number of fused-ring (bicyclic) bond motifs is 2. The lowest BCUT2D eigenvalue weighted by Gasteiger charge is -2.50. The Morgan fingerprint density at radius 3 is 1.44 bits per heavy atom. The fraction of sp³-hybridized carbons (Fsp3) is 0.193. The topological polar surface area (TPSA) is 62.5 Å². The summed E-state index contributed by atoms with van der Waals surface area (Å²) in [5.41, 5.74) is 13.5. The second kappa shape index (κ2) is 16.2. The van der Waals surface area contributed by atoms with Gasteiger partial charge in [-0.15, -0.1) is 0 Å². The number of rotatable bonds is 8. The molecule has 2 fully saturated rings. The van der Waals surface area contributed by atoms with E-state index in [0.717, 1.165) is 79.0 Å². The van der Waals surface area contributed by atoms with Crippen LogP contribution < -0.4 is 0 Å². The van der Waals surface area contributed by atoms with Crippen LogP contribution in [0.15, 0.2) is 176 Å². The highest BCUT2D eigenvalue weighted by Crippen LogP contribution is 2.54. The molecule has 296 valence electrons. The van der Waals surface area contributed by atoms with Gasteiger partial charge in [-0.05, 0) is 142 Å². The SMILES string of the molecule is C[C@@H]1C[C@@H]2C[C@H](C)CC(c3ccc(-c4cc(-c5nc(-c6cccc(-c7ccccc7)c6)nc(-c6cccc(-c7ccccc7)c6)n5)cc(-c5ccccc5C#N)c4)cc3)(C1)C2. The summed E-state index contributed by atoms with van der Waals surface area (Å²) in [4.78, 5) is 15.7. The van der Waals surface area contributed by atoms with Gasteiger partial charge in [0.1, 0.15) is 0 Å². The zero-order chi connectivity index (χ0) is 41.3. The standard InChI is InChI=1S/C57H48N4/c1-38-27-40-28-39(2)35-57(34-38,36-40)52-25-23-43(24-26-52)49-31-50(53-22-10-9-17-48(53)37-58)33-51(32-49)56-60-54(46-20-11-18-44(29-46)41-13-5-3-6-14-41)59-55(61-56)47-21-12-19-45(30-47)42-15-7-4-8-16-42/h3-26,29-33,38-40H,27-28,34-36H2,1-2H3/t38-,39+,40-,57?. The third-order valence-electron chi connectivity index (χ3n) is 13.1. The molecule has 2 bridgehead atoms. The molecule has 1 unspecified atom stereocenters. The zero-order valence-electron chi connectivity index (χ0n) is 34.8. The summed E-state index contributed by atoms with van der Waals surface area (Å²) in [6.07, 6.45) is 6.56. The van der Waals surface area contributed by atoms with Crippen molar-refractivity contribution in [2.24, 2.45) is 17.8 Å². The molecule has 4 heteroatoms. The summed E-state index contributed by atoms with van der Waals surface area (Å²) in [5.74, 6) is 4.09. The fourth-order valence-electron chi connectivity index (χ4n) is 10.7. The van der Waals surface area contributed by atoms with Gasteiger partial charge in [-0.25, -0.2) is 15.0 Å². The van der Waals surface area contributed by atoms with Crippen LogP contribution in [0, 0.1) is 29.1 Å². The van der Waals surface area contributed by atoms with Crippen molar-refractivity contribution in [3.8, 4) is 84.7 Å². The van der Waals surface area contributed by atoms with E-state index in [1.54, 1.807) is 0 Å². The molecule has 0 spiro atoms. The lowest BCUT2D eigenvalue weighted by molar-refractivity contribution is 0.0780. The second-order valence-electron chi connectivity index (χ2n) is 17.7. The molecular weight excluding hydrogens is 741 g/mol. The maximum atomic E-state index is 10.3. The van der Waals surface area contributed by atoms with Crippen molar-refractivity contribution in [3.63, 3.8) is 0 Å². The molecule has 61 heavy (non-hydrogen) atoms. The molecule has 7 aromatic carbocycles. The Kier molecular flexibility index (Phi) is 10.2. The number of nitriles is 1. The van der Waals surface area contributed by atoms with Gasteiger partial charge in [-0.2, -0.15) is 5.26 Å². The molecule has 2 saturated carbocycles. The minimum Gasteiger partial charge on any atom is -0.208 e. The molecule has 4 atom stereocenters. The van der Waals surface area contributed by atoms with Crippen molar-refractivity contribution in [2.75, 3.05) is 0 Å². The molecule has 8 aromatic rings. The van der Waals surface area contributed by atoms with Crippen LogP contribution >= 0.6 is 0 Å². The molecule has 1 heterocycles. The first-order chi connectivity index (χ1) is 29.9. The third-order valence-corrected chi connectivity index (χ3v) is 13.1. The number of hydrogen-bond acceptors (Lipinski definition) is 4. The zero-order valence-corrected chi connectivity index (χ0v) is 34.8. The van der Waals surface area contributed by atoms with E-state index >= 15 is 0 Å². The molecule has 4 nitrogen and oxygen atoms in total. The Bertz CT molecular complexity index is 2770. The average Bonchev–Trinajstić information content (AvgIpc) is 3.31. The Morgan fingerprint density at radius 1 is 0.426 bits per heavy atom. The van der Waals surface area contributed by atoms with E-state index in [1.807, 2.05) is 36.4 Å². The molecule has 10 rings (SSSR count). The van der Waals surface area contributed by atoms with Crippen LogP contribution in [0.2, 0.25) is 0 Å². The van der Waals surface area contributed by atoms with Gasteiger partial charge in [-0.3, -0.25) is 0 Å². The summed E-state index contributed by atoms with van der Waals surface area (Å²) in [5, 5.41) is 10.3. The van der Waals surface area contributed by atoms with Gasteiger partial charge in [-0.1, -0.05) is 153 Å². The van der Waals surface area contributed by atoms with Crippen molar-refractivity contribution in [1.29, 1.82) is 5.26 Å². The first kappa shape index (κ1) is 38.3. The van der Waals surface area contributed by atoms with Crippen molar-refractivity contribution >= 4 is 0 Å². The van der Waals surface area contributed by atoms with Crippen molar-refractivity contribution in [3.05, 3.63) is 187 Å². The molecule has 2 aliphatic rings. The van der Waals surface area contributed by atoms with Gasteiger partial charge in [0, 0.05) is 16.7 Å². The minimum atomic E-state index is 0.255. The maximum absolute atomic E-state index is 10.3. The molecule has 0 N–H and O–H groups in total. The predicted octanol–water partition coefficient (Wildman–Crippen LogP) is 14.5. The first-order valence-corrected chi connectivity index (χ1v) is 21.7. The predicted molar refractivity (Wildman–Crippen MR) is 249 cm³/mol. The van der Waals surface area contributed by atoms with Crippen molar-refractivity contribution in [2.45, 2.75) is 51.4 Å². The number of nitrogens with zero attached hydrogens (tertiary/aromatic N) is 4. The molecule has 0 aliphatic heterocycles. The largest absolute Gasteiger partial charge is 0.208 e. The second-order valence-corrected chi connectivity index (χ2v) is 17.7. The van der Waals surface area contributed by atoms with Crippen LogP contribution in [0.5, 0.6) is 0 Å². The number of aromatic nitrogens is 3. The Morgan fingerprint density at radius 2 is 0.869 bits per heavy atom. The van der Waals surface area contributed by atoms with Gasteiger partial charge in [0.15, 0.2) is 17.5 Å². The van der Waals surface area contributed by atoms with Gasteiger partial charge < -0.3 is 0 Å². The molecule has 0 radical (unpaired) electrons. The van der Waals surface area contributed by atoms with E-state index in [2.05, 4.69) is 159 Å². The van der Waals surface area contributed by atoms with Crippen LogP contribution in [0.25, 0.3) is 78.7 Å². The van der Waals surface area contributed by atoms with Crippen LogP contribution in [-0.4, -0.2) is 15.0 Å². The lowest BCUT2D eigenvalue weighted by atomic mass is 9.54. The number of hydrogen-bond donors (Lipinski definition) is 0. The summed E-state index contributed by atoms with van der Waals surface area (Å²) in [7, 11) is 0. The Labute approximate surface area is 359 Å².